The molecule has 0 atom stereocenters. The van der Waals surface area contributed by atoms with Crippen LogP contribution in [-0.2, 0) is 9.84 Å². The summed E-state index contributed by atoms with van der Waals surface area (Å²) in [6.45, 7) is 3.38. The van der Waals surface area contributed by atoms with Crippen molar-refractivity contribution in [3.63, 3.8) is 0 Å². The molecule has 0 aromatic heterocycles. The first-order chi connectivity index (χ1) is 4.65. The van der Waals surface area contributed by atoms with E-state index in [1.54, 1.807) is 0 Å². The van der Waals surface area contributed by atoms with Crippen molar-refractivity contribution in [2.24, 2.45) is 0 Å². The van der Waals surface area contributed by atoms with E-state index in [9.17, 15) is 17.2 Å². The molecule has 0 unspecified atom stereocenters. The van der Waals surface area contributed by atoms with Gasteiger partial charge in [-0.15, -0.1) is 0 Å². The molecule has 0 amide bonds. The van der Waals surface area contributed by atoms with Crippen molar-refractivity contribution in [3.8, 4) is 0 Å². The van der Waals surface area contributed by atoms with Crippen LogP contribution in [0.15, 0.2) is 0 Å². The van der Waals surface area contributed by atoms with E-state index in [1.807, 2.05) is 0 Å². The standard InChI is InChI=1S/C6H12F2O2S/c1-5(2)11(9,10)4-6(3,7)8/h5H,4H2,1-3H3. The average Bonchev–Trinajstić information content (AvgIpc) is 1.56. The van der Waals surface area contributed by atoms with E-state index in [0.717, 1.165) is 0 Å². The number of sulfone groups is 1. The van der Waals surface area contributed by atoms with Crippen LogP contribution in [0.4, 0.5) is 8.78 Å². The molecule has 0 radical (unpaired) electrons. The lowest BCUT2D eigenvalue weighted by Gasteiger charge is -2.12. The molecule has 11 heavy (non-hydrogen) atoms. The van der Waals surface area contributed by atoms with Crippen LogP contribution in [0.5, 0.6) is 0 Å². The van der Waals surface area contributed by atoms with Crippen LogP contribution in [0.3, 0.4) is 0 Å². The summed E-state index contributed by atoms with van der Waals surface area (Å²) in [7, 11) is -3.61. The lowest BCUT2D eigenvalue weighted by molar-refractivity contribution is 0.0472. The summed E-state index contributed by atoms with van der Waals surface area (Å²) < 4.78 is 46.1. The van der Waals surface area contributed by atoms with Crippen LogP contribution in [0.1, 0.15) is 20.8 Å². The molecular weight excluding hydrogens is 174 g/mol. The van der Waals surface area contributed by atoms with Crippen molar-refractivity contribution in [1.29, 1.82) is 0 Å². The molecule has 2 nitrogen and oxygen atoms in total. The number of rotatable bonds is 3. The van der Waals surface area contributed by atoms with E-state index in [2.05, 4.69) is 0 Å². The molecule has 0 aliphatic carbocycles. The van der Waals surface area contributed by atoms with Crippen LogP contribution in [0.25, 0.3) is 0 Å². The highest BCUT2D eigenvalue weighted by Gasteiger charge is 2.31. The number of alkyl halides is 2. The smallest absolute Gasteiger partial charge is 0.228 e. The minimum Gasteiger partial charge on any atom is -0.228 e. The van der Waals surface area contributed by atoms with Crippen molar-refractivity contribution in [3.05, 3.63) is 0 Å². The van der Waals surface area contributed by atoms with Crippen molar-refractivity contribution in [2.45, 2.75) is 31.9 Å². The predicted molar refractivity (Wildman–Crippen MR) is 39.5 cm³/mol. The van der Waals surface area contributed by atoms with Crippen LogP contribution >= 0.6 is 0 Å². The minimum atomic E-state index is -3.61. The quantitative estimate of drug-likeness (QED) is 0.668. The van der Waals surface area contributed by atoms with Crippen molar-refractivity contribution >= 4 is 9.84 Å². The number of halogens is 2. The molecule has 0 N–H and O–H groups in total. The van der Waals surface area contributed by atoms with Crippen LogP contribution in [-0.4, -0.2) is 25.3 Å². The first-order valence-corrected chi connectivity index (χ1v) is 4.96. The summed E-state index contributed by atoms with van der Waals surface area (Å²) in [4.78, 5) is 0. The topological polar surface area (TPSA) is 34.1 Å². The second-order valence-electron chi connectivity index (χ2n) is 2.93. The fraction of sp³-hybridized carbons (Fsp3) is 1.00. The normalized spacial score (nSPS) is 14.0. The maximum Gasteiger partial charge on any atom is 0.259 e. The Labute approximate surface area is 65.5 Å². The molecule has 0 saturated heterocycles. The zero-order valence-electron chi connectivity index (χ0n) is 6.77. The summed E-state index contributed by atoms with van der Waals surface area (Å²) in [6.07, 6.45) is 0. The second kappa shape index (κ2) is 3.05. The molecule has 0 saturated carbocycles. The fourth-order valence-corrected chi connectivity index (χ4v) is 1.56. The van der Waals surface area contributed by atoms with Gasteiger partial charge in [-0.2, -0.15) is 0 Å². The Morgan fingerprint density at radius 3 is 1.82 bits per heavy atom. The Kier molecular flexibility index (Phi) is 2.99. The van der Waals surface area contributed by atoms with Crippen LogP contribution in [0.2, 0.25) is 0 Å². The third kappa shape index (κ3) is 4.29. The molecule has 68 valence electrons. The summed E-state index contributed by atoms with van der Waals surface area (Å²) >= 11 is 0. The molecule has 0 spiro atoms. The minimum absolute atomic E-state index is 0.604. The Balaban J connectivity index is 4.40. The van der Waals surface area contributed by atoms with Gasteiger partial charge in [-0.05, 0) is 13.8 Å². The highest BCUT2D eigenvalue weighted by molar-refractivity contribution is 7.92. The summed E-state index contributed by atoms with van der Waals surface area (Å²) in [5.41, 5.74) is 0. The van der Waals surface area contributed by atoms with E-state index in [0.29, 0.717) is 6.92 Å². The third-order valence-electron chi connectivity index (χ3n) is 1.17. The monoisotopic (exact) mass is 186 g/mol. The van der Waals surface area contributed by atoms with Gasteiger partial charge in [-0.3, -0.25) is 0 Å². The molecule has 0 aromatic carbocycles. The summed E-state index contributed by atoms with van der Waals surface area (Å²) in [5, 5.41) is -0.728. The zero-order chi connectivity index (χ0) is 9.28. The van der Waals surface area contributed by atoms with Gasteiger partial charge < -0.3 is 0 Å². The fourth-order valence-electron chi connectivity index (χ4n) is 0.520. The molecule has 5 heteroatoms. The van der Waals surface area contributed by atoms with Gasteiger partial charge in [0.25, 0.3) is 5.92 Å². The Bertz CT molecular complexity index is 213. The van der Waals surface area contributed by atoms with Gasteiger partial charge in [0.2, 0.25) is 0 Å². The van der Waals surface area contributed by atoms with E-state index >= 15 is 0 Å². The maximum absolute atomic E-state index is 12.2. The Morgan fingerprint density at radius 2 is 1.73 bits per heavy atom. The predicted octanol–water partition coefficient (Wildman–Crippen LogP) is 1.46. The Morgan fingerprint density at radius 1 is 1.36 bits per heavy atom. The third-order valence-corrected chi connectivity index (χ3v) is 3.52. The van der Waals surface area contributed by atoms with Gasteiger partial charge in [0, 0.05) is 6.92 Å². The first-order valence-electron chi connectivity index (χ1n) is 3.24. The van der Waals surface area contributed by atoms with E-state index in [1.165, 1.54) is 13.8 Å². The van der Waals surface area contributed by atoms with Gasteiger partial charge >= 0.3 is 0 Å². The molecule has 0 bridgehead atoms. The molecular formula is C6H12F2O2S. The van der Waals surface area contributed by atoms with Gasteiger partial charge in [-0.1, -0.05) is 0 Å². The highest BCUT2D eigenvalue weighted by atomic mass is 32.2. The second-order valence-corrected chi connectivity index (χ2v) is 5.48. The lowest BCUT2D eigenvalue weighted by Crippen LogP contribution is -2.29. The molecule has 0 aliphatic heterocycles. The summed E-state index contributed by atoms with van der Waals surface area (Å²) in [5.74, 6) is -4.18. The molecule has 0 heterocycles. The van der Waals surface area contributed by atoms with Crippen molar-refractivity contribution in [2.75, 3.05) is 5.75 Å². The van der Waals surface area contributed by atoms with E-state index < -0.39 is 26.8 Å². The Hall–Kier alpha value is -0.190. The SMILES string of the molecule is CC(C)S(=O)(=O)CC(C)(F)F. The van der Waals surface area contributed by atoms with Crippen molar-refractivity contribution in [1.82, 2.24) is 0 Å². The highest BCUT2D eigenvalue weighted by Crippen LogP contribution is 2.16. The van der Waals surface area contributed by atoms with E-state index in [4.69, 9.17) is 0 Å². The van der Waals surface area contributed by atoms with Gasteiger partial charge in [-0.25, -0.2) is 17.2 Å². The van der Waals surface area contributed by atoms with Gasteiger partial charge in [0.1, 0.15) is 5.75 Å². The van der Waals surface area contributed by atoms with Crippen LogP contribution < -0.4 is 0 Å². The van der Waals surface area contributed by atoms with Gasteiger partial charge in [0.05, 0.1) is 5.25 Å². The molecule has 0 rings (SSSR count). The van der Waals surface area contributed by atoms with Gasteiger partial charge in [0.15, 0.2) is 9.84 Å². The zero-order valence-corrected chi connectivity index (χ0v) is 7.58. The molecule has 0 aromatic rings. The van der Waals surface area contributed by atoms with E-state index in [-0.39, 0.29) is 0 Å². The van der Waals surface area contributed by atoms with Crippen LogP contribution in [0, 0.1) is 0 Å². The molecule has 0 fully saturated rings. The average molecular weight is 186 g/mol. The first kappa shape index (κ1) is 10.8. The van der Waals surface area contributed by atoms with Crippen molar-refractivity contribution < 1.29 is 17.2 Å². The maximum atomic E-state index is 12.2. The number of hydrogen-bond acceptors (Lipinski definition) is 2. The number of hydrogen-bond donors (Lipinski definition) is 0. The largest absolute Gasteiger partial charge is 0.259 e. The lowest BCUT2D eigenvalue weighted by atomic mass is 10.5. The molecule has 0 aliphatic rings. The summed E-state index contributed by atoms with van der Waals surface area (Å²) in [6, 6.07) is 0.